The van der Waals surface area contributed by atoms with E-state index in [1.807, 2.05) is 42.3 Å². The first-order chi connectivity index (χ1) is 16.1. The summed E-state index contributed by atoms with van der Waals surface area (Å²) < 4.78 is 0. The van der Waals surface area contributed by atoms with Gasteiger partial charge in [-0.3, -0.25) is 9.69 Å². The Hall–Kier alpha value is -3.36. The van der Waals surface area contributed by atoms with E-state index in [4.69, 9.17) is 11.6 Å². The van der Waals surface area contributed by atoms with Crippen molar-refractivity contribution in [1.29, 1.82) is 0 Å². The molecule has 4 heterocycles. The minimum absolute atomic E-state index is 0.165. The van der Waals surface area contributed by atoms with E-state index in [-0.39, 0.29) is 5.91 Å². The molecule has 3 aromatic rings. The summed E-state index contributed by atoms with van der Waals surface area (Å²) in [5, 5.41) is 7.34. The van der Waals surface area contributed by atoms with Crippen molar-refractivity contribution in [2.75, 3.05) is 46.8 Å². The van der Waals surface area contributed by atoms with Crippen molar-refractivity contribution in [3.05, 3.63) is 65.3 Å². The lowest BCUT2D eigenvalue weighted by Gasteiger charge is -2.35. The summed E-state index contributed by atoms with van der Waals surface area (Å²) in [5.74, 6) is 0.885. The number of hydrogen-bond acceptors (Lipinski definition) is 7. The first kappa shape index (κ1) is 20.3. The van der Waals surface area contributed by atoms with Gasteiger partial charge in [-0.1, -0.05) is 23.7 Å². The number of amides is 1. The maximum absolute atomic E-state index is 13.1. The number of rotatable bonds is 4. The Morgan fingerprint density at radius 3 is 2.70 bits per heavy atom. The fraction of sp³-hybridized carbons (Fsp3) is 0.292. The van der Waals surface area contributed by atoms with Crippen molar-refractivity contribution in [3.8, 4) is 0 Å². The van der Waals surface area contributed by atoms with Crippen molar-refractivity contribution >= 4 is 46.3 Å². The summed E-state index contributed by atoms with van der Waals surface area (Å²) in [6, 6.07) is 16.9. The third kappa shape index (κ3) is 3.55. The third-order valence-corrected chi connectivity index (χ3v) is 6.93. The Labute approximate surface area is 197 Å². The molecule has 3 aliphatic rings. The van der Waals surface area contributed by atoms with E-state index in [1.165, 1.54) is 12.1 Å². The number of carbonyl (C=O) groups excluding carboxylic acids is 1. The number of fused-ring (bicyclic) bond motifs is 3. The topological polar surface area (TPSA) is 76.6 Å². The second-order valence-corrected chi connectivity index (χ2v) is 9.18. The lowest BCUT2D eigenvalue weighted by molar-refractivity contribution is 0.0982. The number of nitrogens with zero attached hydrogens (tertiary/aromatic N) is 5. The molecule has 0 saturated carbocycles. The van der Waals surface area contributed by atoms with Gasteiger partial charge in [0.2, 0.25) is 5.95 Å². The lowest BCUT2D eigenvalue weighted by atomic mass is 10.2. The number of anilines is 5. The second kappa shape index (κ2) is 7.90. The summed E-state index contributed by atoms with van der Waals surface area (Å²) in [5.41, 5.74) is 3.27. The van der Waals surface area contributed by atoms with Gasteiger partial charge < -0.3 is 20.4 Å². The van der Waals surface area contributed by atoms with E-state index in [1.54, 1.807) is 17.2 Å². The molecule has 8 nitrogen and oxygen atoms in total. The average molecular weight is 462 g/mol. The summed E-state index contributed by atoms with van der Waals surface area (Å²) in [6.45, 7) is 2.48. The van der Waals surface area contributed by atoms with Crippen molar-refractivity contribution < 1.29 is 4.79 Å². The van der Waals surface area contributed by atoms with E-state index in [2.05, 4.69) is 37.6 Å². The van der Waals surface area contributed by atoms with Crippen LogP contribution in [0.25, 0.3) is 0 Å². The van der Waals surface area contributed by atoms with Crippen LogP contribution < -0.4 is 25.3 Å². The zero-order valence-corrected chi connectivity index (χ0v) is 19.0. The molecule has 2 N–H and O–H groups in total. The minimum Gasteiger partial charge on any atom is -0.366 e. The normalized spacial score (nSPS) is 21.5. The van der Waals surface area contributed by atoms with Crippen LogP contribution in [0.15, 0.2) is 54.7 Å². The van der Waals surface area contributed by atoms with Gasteiger partial charge in [-0.2, -0.15) is 4.98 Å². The summed E-state index contributed by atoms with van der Waals surface area (Å²) in [7, 11) is 1.90. The Morgan fingerprint density at radius 1 is 1.15 bits per heavy atom. The number of aromatic nitrogens is 2. The molecule has 2 fully saturated rings. The van der Waals surface area contributed by atoms with Crippen molar-refractivity contribution in [2.45, 2.75) is 18.5 Å². The number of benzene rings is 2. The number of halogens is 1. The largest absolute Gasteiger partial charge is 0.366 e. The zero-order chi connectivity index (χ0) is 22.5. The number of piperazine rings is 1. The third-order valence-electron chi connectivity index (χ3n) is 6.61. The molecule has 1 amide bonds. The summed E-state index contributed by atoms with van der Waals surface area (Å²) >= 11 is 6.32. The average Bonchev–Trinajstić information content (AvgIpc) is 3.46. The predicted octanol–water partition coefficient (Wildman–Crippen LogP) is 3.48. The van der Waals surface area contributed by atoms with Gasteiger partial charge in [-0.05, 0) is 42.8 Å². The molecular weight excluding hydrogens is 438 g/mol. The van der Waals surface area contributed by atoms with Crippen LogP contribution in [0.3, 0.4) is 0 Å². The van der Waals surface area contributed by atoms with Gasteiger partial charge in [-0.15, -0.1) is 0 Å². The molecule has 3 aliphatic heterocycles. The van der Waals surface area contributed by atoms with Gasteiger partial charge in [-0.25, -0.2) is 4.98 Å². The second-order valence-electron chi connectivity index (χ2n) is 8.77. The van der Waals surface area contributed by atoms with Crippen molar-refractivity contribution in [2.24, 2.45) is 0 Å². The van der Waals surface area contributed by atoms with E-state index in [9.17, 15) is 4.79 Å². The Bertz CT molecular complexity index is 1220. The van der Waals surface area contributed by atoms with Crippen LogP contribution in [-0.2, 0) is 0 Å². The molecule has 9 heteroatoms. The molecule has 1 unspecified atom stereocenters. The molecule has 33 heavy (non-hydrogen) atoms. The molecule has 1 aromatic heterocycles. The van der Waals surface area contributed by atoms with E-state index in [0.29, 0.717) is 46.8 Å². The van der Waals surface area contributed by atoms with Crippen LogP contribution in [0.2, 0.25) is 5.02 Å². The SMILES string of the molecule is CN1CN(c2ccccc2Cl)C(=O)c2cnc(Nc3ccc(N4CC5C[C@H]4CN5)cc3)nc21. The smallest absolute Gasteiger partial charge is 0.265 e. The Kier molecular flexibility index (Phi) is 4.85. The van der Waals surface area contributed by atoms with Gasteiger partial charge in [0.05, 0.1) is 17.4 Å². The highest BCUT2D eigenvalue weighted by molar-refractivity contribution is 6.34. The molecule has 0 aliphatic carbocycles. The van der Waals surface area contributed by atoms with Crippen LogP contribution in [0.1, 0.15) is 16.8 Å². The van der Waals surface area contributed by atoms with Crippen LogP contribution in [0.5, 0.6) is 0 Å². The number of nitrogens with one attached hydrogen (secondary N) is 2. The first-order valence-corrected chi connectivity index (χ1v) is 11.5. The van der Waals surface area contributed by atoms with Gasteiger partial charge in [0.15, 0.2) is 0 Å². The van der Waals surface area contributed by atoms with E-state index < -0.39 is 0 Å². The monoisotopic (exact) mass is 461 g/mol. The number of hydrogen-bond donors (Lipinski definition) is 2. The molecule has 2 atom stereocenters. The summed E-state index contributed by atoms with van der Waals surface area (Å²) in [6.07, 6.45) is 2.80. The highest BCUT2D eigenvalue weighted by Crippen LogP contribution is 2.33. The summed E-state index contributed by atoms with van der Waals surface area (Å²) in [4.78, 5) is 28.2. The van der Waals surface area contributed by atoms with Gasteiger partial charge in [0, 0.05) is 49.8 Å². The minimum atomic E-state index is -0.165. The number of carbonyl (C=O) groups is 1. The molecule has 0 radical (unpaired) electrons. The van der Waals surface area contributed by atoms with Crippen LogP contribution in [0.4, 0.5) is 28.8 Å². The zero-order valence-electron chi connectivity index (χ0n) is 18.2. The molecule has 0 spiro atoms. The highest BCUT2D eigenvalue weighted by Gasteiger charge is 2.37. The molecule has 2 saturated heterocycles. The Balaban J connectivity index is 1.21. The van der Waals surface area contributed by atoms with Gasteiger partial charge >= 0.3 is 0 Å². The van der Waals surface area contributed by atoms with E-state index in [0.717, 1.165) is 18.8 Å². The molecule has 6 rings (SSSR count). The predicted molar refractivity (Wildman–Crippen MR) is 131 cm³/mol. The maximum atomic E-state index is 13.1. The highest BCUT2D eigenvalue weighted by atomic mass is 35.5. The Morgan fingerprint density at radius 2 is 1.97 bits per heavy atom. The van der Waals surface area contributed by atoms with Gasteiger partial charge in [0.1, 0.15) is 11.4 Å². The maximum Gasteiger partial charge on any atom is 0.265 e. The van der Waals surface area contributed by atoms with Crippen molar-refractivity contribution in [3.63, 3.8) is 0 Å². The standard InChI is InChI=1S/C24H24ClN7O/c1-30-14-32(21-5-3-2-4-20(21)25)23(33)19-12-27-24(29-22(19)30)28-15-6-8-17(9-7-15)31-13-16-10-18(31)11-26-16/h2-9,12,16,18,26H,10-11,13-14H2,1H3,(H,27,28,29)/t16?,18-/m0/s1. The fourth-order valence-electron chi connectivity index (χ4n) is 4.96. The van der Waals surface area contributed by atoms with Gasteiger partial charge in [0.25, 0.3) is 5.91 Å². The molecule has 2 bridgehead atoms. The molecule has 2 aromatic carbocycles. The van der Waals surface area contributed by atoms with Crippen LogP contribution in [-0.4, -0.2) is 54.8 Å². The fourth-order valence-corrected chi connectivity index (χ4v) is 5.20. The molecule has 168 valence electrons. The lowest BCUT2D eigenvalue weighted by Crippen LogP contribution is -2.46. The molecular formula is C24H24ClN7O. The number of para-hydroxylation sites is 1. The van der Waals surface area contributed by atoms with Crippen molar-refractivity contribution in [1.82, 2.24) is 15.3 Å². The van der Waals surface area contributed by atoms with Crippen LogP contribution >= 0.6 is 11.6 Å². The van der Waals surface area contributed by atoms with Crippen LogP contribution in [0, 0.1) is 0 Å². The first-order valence-electron chi connectivity index (χ1n) is 11.1. The quantitative estimate of drug-likeness (QED) is 0.616. The van der Waals surface area contributed by atoms with E-state index >= 15 is 0 Å².